The summed E-state index contributed by atoms with van der Waals surface area (Å²) >= 11 is 0. The monoisotopic (exact) mass is 545 g/mol. The highest BCUT2D eigenvalue weighted by molar-refractivity contribution is 6.74. The molecule has 4 rings (SSSR count). The highest BCUT2D eigenvalue weighted by Gasteiger charge is 2.38. The fraction of sp³-hybridized carbons (Fsp3) is 0.394. The Bertz CT molecular complexity index is 1190. The minimum atomic E-state index is -1.73. The molecule has 0 radical (unpaired) electrons. The Balaban J connectivity index is 0.000000219. The molecule has 2 unspecified atom stereocenters. The molecule has 208 valence electrons. The quantitative estimate of drug-likeness (QED) is 0.227. The fourth-order valence-electron chi connectivity index (χ4n) is 4.33. The molecule has 0 fully saturated rings. The molecule has 0 saturated heterocycles. The van der Waals surface area contributed by atoms with E-state index in [1.165, 1.54) is 4.90 Å². The molecule has 5 nitrogen and oxygen atoms in total. The van der Waals surface area contributed by atoms with Crippen molar-refractivity contribution in [2.75, 3.05) is 19.8 Å². The lowest BCUT2D eigenvalue weighted by atomic mass is 9.96. The number of hydrogen-bond donors (Lipinski definition) is 1. The van der Waals surface area contributed by atoms with Crippen LogP contribution in [0.4, 0.5) is 0 Å². The first-order valence-corrected chi connectivity index (χ1v) is 16.7. The van der Waals surface area contributed by atoms with E-state index in [0.29, 0.717) is 24.3 Å². The molecule has 0 aromatic heterocycles. The largest absolute Gasteiger partial charge is 0.416 e. The molecular formula is C33H43NO4Si. The number of nitrogens with zero attached hydrogens (tertiary/aromatic N) is 1. The highest BCUT2D eigenvalue weighted by atomic mass is 28.4. The third-order valence-corrected chi connectivity index (χ3v) is 12.5. The van der Waals surface area contributed by atoms with Gasteiger partial charge in [0.05, 0.1) is 17.7 Å². The van der Waals surface area contributed by atoms with Gasteiger partial charge in [0.2, 0.25) is 0 Å². The third-order valence-electron chi connectivity index (χ3n) is 7.99. The third kappa shape index (κ3) is 7.53. The molecule has 39 heavy (non-hydrogen) atoms. The second kappa shape index (κ2) is 13.3. The average Bonchev–Trinajstić information content (AvgIpc) is 3.17. The van der Waals surface area contributed by atoms with Crippen LogP contribution in [0, 0.1) is 0 Å². The topological polar surface area (TPSA) is 66.8 Å². The van der Waals surface area contributed by atoms with E-state index in [4.69, 9.17) is 4.43 Å². The zero-order valence-electron chi connectivity index (χ0n) is 24.2. The molecule has 2 amide bonds. The lowest BCUT2D eigenvalue weighted by Crippen LogP contribution is -2.42. The normalized spacial score (nSPS) is 14.9. The summed E-state index contributed by atoms with van der Waals surface area (Å²) in [5.41, 5.74) is 3.35. The lowest BCUT2D eigenvalue weighted by Gasteiger charge is -2.37. The van der Waals surface area contributed by atoms with Gasteiger partial charge in [-0.25, -0.2) is 0 Å². The van der Waals surface area contributed by atoms with Gasteiger partial charge >= 0.3 is 0 Å². The number of carbonyl (C=O) groups excluding carboxylic acids is 2. The number of aliphatic hydroxyl groups excluding tert-OH is 1. The number of amides is 2. The van der Waals surface area contributed by atoms with Crippen molar-refractivity contribution in [2.45, 2.75) is 64.1 Å². The summed E-state index contributed by atoms with van der Waals surface area (Å²) in [6, 6.07) is 27.2. The maximum Gasteiger partial charge on any atom is 0.261 e. The number of fused-ring (bicyclic) bond motifs is 1. The van der Waals surface area contributed by atoms with Crippen LogP contribution in [0.3, 0.4) is 0 Å². The van der Waals surface area contributed by atoms with Crippen molar-refractivity contribution < 1.29 is 19.1 Å². The van der Waals surface area contributed by atoms with Gasteiger partial charge in [-0.3, -0.25) is 14.5 Å². The average molecular weight is 546 g/mol. The van der Waals surface area contributed by atoms with Crippen molar-refractivity contribution in [2.24, 2.45) is 0 Å². The van der Waals surface area contributed by atoms with E-state index in [1.54, 1.807) is 24.3 Å². The minimum absolute atomic E-state index is 0.0836. The molecule has 6 heteroatoms. The molecule has 1 heterocycles. The van der Waals surface area contributed by atoms with Crippen molar-refractivity contribution in [3.05, 3.63) is 107 Å². The summed E-state index contributed by atoms with van der Waals surface area (Å²) in [6.45, 7) is 14.4. The van der Waals surface area contributed by atoms with Crippen molar-refractivity contribution in [3.63, 3.8) is 0 Å². The van der Waals surface area contributed by atoms with Crippen LogP contribution in [0.5, 0.6) is 0 Å². The summed E-state index contributed by atoms with van der Waals surface area (Å²) in [4.78, 5) is 26.2. The second-order valence-electron chi connectivity index (χ2n) is 11.6. The van der Waals surface area contributed by atoms with Crippen LogP contribution >= 0.6 is 0 Å². The van der Waals surface area contributed by atoms with E-state index in [0.717, 1.165) is 17.5 Å². The van der Waals surface area contributed by atoms with Gasteiger partial charge in [-0.2, -0.15) is 0 Å². The van der Waals surface area contributed by atoms with Crippen LogP contribution in [0.25, 0.3) is 0 Å². The molecule has 0 spiro atoms. The van der Waals surface area contributed by atoms with E-state index in [-0.39, 0.29) is 35.3 Å². The zero-order valence-corrected chi connectivity index (χ0v) is 25.2. The number of hydrogen-bond acceptors (Lipinski definition) is 4. The molecule has 3 aromatic carbocycles. The summed E-state index contributed by atoms with van der Waals surface area (Å²) < 4.78 is 6.18. The first-order valence-electron chi connectivity index (χ1n) is 13.8. The lowest BCUT2D eigenvalue weighted by molar-refractivity contribution is 0.0643. The van der Waals surface area contributed by atoms with Gasteiger partial charge in [-0.1, -0.05) is 100 Å². The zero-order chi connectivity index (χ0) is 28.6. The predicted molar refractivity (Wildman–Crippen MR) is 161 cm³/mol. The molecular weight excluding hydrogens is 502 g/mol. The van der Waals surface area contributed by atoms with Crippen LogP contribution in [0.2, 0.25) is 18.1 Å². The van der Waals surface area contributed by atoms with E-state index in [2.05, 4.69) is 52.9 Å². The Morgan fingerprint density at radius 1 is 0.769 bits per heavy atom. The number of benzene rings is 3. The van der Waals surface area contributed by atoms with Crippen molar-refractivity contribution in [1.82, 2.24) is 4.90 Å². The predicted octanol–water partition coefficient (Wildman–Crippen LogP) is 7.26. The van der Waals surface area contributed by atoms with E-state index in [1.807, 2.05) is 48.5 Å². The summed E-state index contributed by atoms with van der Waals surface area (Å²) in [7, 11) is -1.73. The molecule has 3 aromatic rings. The summed E-state index contributed by atoms with van der Waals surface area (Å²) in [6.07, 6.45) is 0.886. The standard InChI is InChI=1S/C18H17NO2.C15H26O2Si/c1-2-13(14-8-4-3-5-9-14)12-19-17(20)15-10-6-7-11-16(15)18(19)21;1-15(2,3)18(4,5)17-12-14(11-16)13-9-7-6-8-10-13/h3-11,13H,2,12H2,1H3;6-10,14,16H,11-12H2,1-5H3. The van der Waals surface area contributed by atoms with Crippen LogP contribution in [-0.4, -0.2) is 49.9 Å². The Labute approximate surface area is 235 Å². The smallest absolute Gasteiger partial charge is 0.261 e. The first-order chi connectivity index (χ1) is 18.5. The molecule has 0 saturated carbocycles. The summed E-state index contributed by atoms with van der Waals surface area (Å²) in [5.74, 6) is -0.0938. The van der Waals surface area contributed by atoms with Crippen molar-refractivity contribution in [3.8, 4) is 0 Å². The van der Waals surface area contributed by atoms with Crippen molar-refractivity contribution >= 4 is 20.1 Å². The Hall–Kier alpha value is -3.06. The van der Waals surface area contributed by atoms with E-state index < -0.39 is 8.32 Å². The Morgan fingerprint density at radius 3 is 1.62 bits per heavy atom. The van der Waals surface area contributed by atoms with Gasteiger partial charge < -0.3 is 9.53 Å². The van der Waals surface area contributed by atoms with Gasteiger partial charge in [-0.05, 0) is 47.8 Å². The second-order valence-corrected chi connectivity index (χ2v) is 16.5. The number of imide groups is 1. The molecule has 1 aliphatic rings. The van der Waals surface area contributed by atoms with Gasteiger partial charge in [0, 0.05) is 25.0 Å². The van der Waals surface area contributed by atoms with Crippen LogP contribution in [-0.2, 0) is 4.43 Å². The summed E-state index contributed by atoms with van der Waals surface area (Å²) in [5, 5.41) is 9.73. The molecule has 1 aliphatic heterocycles. The Morgan fingerprint density at radius 2 is 1.21 bits per heavy atom. The fourth-order valence-corrected chi connectivity index (χ4v) is 5.38. The number of rotatable bonds is 9. The van der Waals surface area contributed by atoms with Crippen LogP contribution < -0.4 is 0 Å². The van der Waals surface area contributed by atoms with E-state index >= 15 is 0 Å². The van der Waals surface area contributed by atoms with Crippen molar-refractivity contribution in [1.29, 1.82) is 0 Å². The first kappa shape index (κ1) is 30.5. The Kier molecular flexibility index (Phi) is 10.4. The SMILES string of the molecule is CC(C)(C)[Si](C)(C)OCC(CO)c1ccccc1.CCC(CN1C(=O)c2ccccc2C1=O)c1ccccc1. The van der Waals surface area contributed by atoms with Crippen LogP contribution in [0.1, 0.15) is 77.8 Å². The van der Waals surface area contributed by atoms with Gasteiger partial charge in [0.25, 0.3) is 11.8 Å². The molecule has 0 bridgehead atoms. The minimum Gasteiger partial charge on any atom is -0.416 e. The number of aliphatic hydroxyl groups is 1. The molecule has 2 atom stereocenters. The van der Waals surface area contributed by atoms with Crippen LogP contribution in [0.15, 0.2) is 84.9 Å². The van der Waals surface area contributed by atoms with E-state index in [9.17, 15) is 14.7 Å². The maximum absolute atomic E-state index is 12.4. The van der Waals surface area contributed by atoms with Gasteiger partial charge in [0.15, 0.2) is 8.32 Å². The highest BCUT2D eigenvalue weighted by Crippen LogP contribution is 2.37. The maximum atomic E-state index is 12.4. The van der Waals surface area contributed by atoms with Gasteiger partial charge in [-0.15, -0.1) is 0 Å². The number of carbonyl (C=O) groups is 2. The van der Waals surface area contributed by atoms with Gasteiger partial charge in [0.1, 0.15) is 0 Å². The molecule has 1 N–H and O–H groups in total. The molecule has 0 aliphatic carbocycles.